The zero-order valence-corrected chi connectivity index (χ0v) is 11.5. The third-order valence-corrected chi connectivity index (χ3v) is 2.48. The number of methoxy groups -OCH3 is 2. The second-order valence-electron chi connectivity index (χ2n) is 4.11. The number of carboxylic acid groups (broad SMARTS) is 1. The molecule has 0 saturated heterocycles. The molecule has 0 bridgehead atoms. The summed E-state index contributed by atoms with van der Waals surface area (Å²) in [5.41, 5.74) is 0. The lowest BCUT2D eigenvalue weighted by atomic mass is 10.0. The summed E-state index contributed by atoms with van der Waals surface area (Å²) < 4.78 is 15.1. The van der Waals surface area contributed by atoms with E-state index >= 15 is 0 Å². The van der Waals surface area contributed by atoms with Crippen LogP contribution in [0.4, 0.5) is 0 Å². The molecule has 0 aliphatic carbocycles. The van der Waals surface area contributed by atoms with Crippen molar-refractivity contribution in [1.82, 2.24) is 0 Å². The van der Waals surface area contributed by atoms with Crippen LogP contribution in [0.1, 0.15) is 19.3 Å². The molecule has 19 heavy (non-hydrogen) atoms. The summed E-state index contributed by atoms with van der Waals surface area (Å²) in [6.07, 6.45) is 1.59. The number of carbonyl (C=O) groups excluding carboxylic acids is 1. The van der Waals surface area contributed by atoms with Crippen molar-refractivity contribution >= 4 is 11.9 Å². The Morgan fingerprint density at radius 3 is 2.47 bits per heavy atom. The lowest BCUT2D eigenvalue weighted by Gasteiger charge is -2.20. The Hall–Kier alpha value is -1.40. The third kappa shape index (κ3) is 8.34. The highest BCUT2D eigenvalue weighted by atomic mass is 16.6. The zero-order chi connectivity index (χ0) is 14.7. The monoisotopic (exact) mass is 274 g/mol. The minimum absolute atomic E-state index is 0.253. The average Bonchev–Trinajstić information content (AvgIpc) is 2.35. The molecule has 110 valence electrons. The molecule has 6 heteroatoms. The van der Waals surface area contributed by atoms with E-state index in [0.717, 1.165) is 0 Å². The van der Waals surface area contributed by atoms with Crippen molar-refractivity contribution in [2.45, 2.75) is 25.4 Å². The number of ether oxygens (including phenoxy) is 3. The Bertz CT molecular complexity index is 289. The topological polar surface area (TPSA) is 82.1 Å². The largest absolute Gasteiger partial charge is 0.481 e. The number of carbonyl (C=O) groups is 2. The van der Waals surface area contributed by atoms with Crippen LogP contribution in [0.2, 0.25) is 0 Å². The smallest absolute Gasteiger partial charge is 0.310 e. The maximum atomic E-state index is 11.9. The van der Waals surface area contributed by atoms with Crippen LogP contribution in [0.15, 0.2) is 12.7 Å². The van der Waals surface area contributed by atoms with Crippen molar-refractivity contribution in [3.63, 3.8) is 0 Å². The lowest BCUT2D eigenvalue weighted by Crippen LogP contribution is -2.29. The zero-order valence-electron chi connectivity index (χ0n) is 11.5. The van der Waals surface area contributed by atoms with Crippen molar-refractivity contribution in [2.24, 2.45) is 5.92 Å². The number of allylic oxidation sites excluding steroid dienone is 1. The van der Waals surface area contributed by atoms with Crippen molar-refractivity contribution in [1.29, 1.82) is 0 Å². The van der Waals surface area contributed by atoms with Gasteiger partial charge < -0.3 is 19.3 Å². The first kappa shape index (κ1) is 17.6. The van der Waals surface area contributed by atoms with E-state index in [2.05, 4.69) is 6.58 Å². The standard InChI is InChI=1S/C13H22O6/c1-4-5-10(8-12(14)15)13(16)19-11(9-18-3)6-7-17-2/h4,10-11H,1,5-9H2,2-3H3,(H,14,15). The Morgan fingerprint density at radius 2 is 2.00 bits per heavy atom. The van der Waals surface area contributed by atoms with Crippen LogP contribution in [0.25, 0.3) is 0 Å². The number of hydrogen-bond donors (Lipinski definition) is 1. The average molecular weight is 274 g/mol. The van der Waals surface area contributed by atoms with Crippen LogP contribution in [-0.4, -0.2) is 50.6 Å². The minimum Gasteiger partial charge on any atom is -0.481 e. The maximum absolute atomic E-state index is 11.9. The summed E-state index contributed by atoms with van der Waals surface area (Å²) in [5, 5.41) is 8.75. The van der Waals surface area contributed by atoms with Crippen LogP contribution in [-0.2, 0) is 23.8 Å². The van der Waals surface area contributed by atoms with Crippen molar-refractivity contribution in [3.8, 4) is 0 Å². The number of carboxylic acids is 1. The summed E-state index contributed by atoms with van der Waals surface area (Å²) >= 11 is 0. The van der Waals surface area contributed by atoms with Gasteiger partial charge in [-0.3, -0.25) is 9.59 Å². The van der Waals surface area contributed by atoms with E-state index < -0.39 is 24.0 Å². The Morgan fingerprint density at radius 1 is 1.32 bits per heavy atom. The van der Waals surface area contributed by atoms with Crippen LogP contribution in [0.5, 0.6) is 0 Å². The summed E-state index contributed by atoms with van der Waals surface area (Å²) in [7, 11) is 3.06. The van der Waals surface area contributed by atoms with E-state index in [0.29, 0.717) is 13.0 Å². The van der Waals surface area contributed by atoms with Gasteiger partial charge in [-0.25, -0.2) is 0 Å². The summed E-state index contributed by atoms with van der Waals surface area (Å²) in [4.78, 5) is 22.6. The molecule has 0 heterocycles. The van der Waals surface area contributed by atoms with E-state index in [1.165, 1.54) is 13.2 Å². The first-order valence-electron chi connectivity index (χ1n) is 6.06. The van der Waals surface area contributed by atoms with Crippen molar-refractivity contribution in [2.75, 3.05) is 27.4 Å². The molecule has 0 aromatic rings. The van der Waals surface area contributed by atoms with E-state index in [-0.39, 0.29) is 19.4 Å². The molecule has 0 amide bonds. The molecule has 0 aromatic heterocycles. The van der Waals surface area contributed by atoms with Crippen LogP contribution < -0.4 is 0 Å². The Balaban J connectivity index is 4.45. The fourth-order valence-electron chi connectivity index (χ4n) is 1.55. The molecular weight excluding hydrogens is 252 g/mol. The molecule has 0 aliphatic rings. The Labute approximate surface area is 113 Å². The molecular formula is C13H22O6. The SMILES string of the molecule is C=CCC(CC(=O)O)C(=O)OC(CCOC)COC. The van der Waals surface area contributed by atoms with Crippen molar-refractivity contribution in [3.05, 3.63) is 12.7 Å². The summed E-state index contributed by atoms with van der Waals surface area (Å²) in [6.45, 7) is 4.20. The van der Waals surface area contributed by atoms with Gasteiger partial charge in [-0.2, -0.15) is 0 Å². The number of aliphatic carboxylic acids is 1. The van der Waals surface area contributed by atoms with Gasteiger partial charge in [-0.1, -0.05) is 6.08 Å². The van der Waals surface area contributed by atoms with Gasteiger partial charge in [0.15, 0.2) is 0 Å². The summed E-state index contributed by atoms with van der Waals surface area (Å²) in [5.74, 6) is -2.29. The van der Waals surface area contributed by atoms with Gasteiger partial charge >= 0.3 is 11.9 Å². The van der Waals surface area contributed by atoms with Gasteiger partial charge in [0.05, 0.1) is 18.9 Å². The fraction of sp³-hybridized carbons (Fsp3) is 0.692. The van der Waals surface area contributed by atoms with Gasteiger partial charge in [-0.15, -0.1) is 6.58 Å². The second kappa shape index (κ2) is 10.5. The molecule has 0 spiro atoms. The molecule has 1 N–H and O–H groups in total. The second-order valence-corrected chi connectivity index (χ2v) is 4.11. The van der Waals surface area contributed by atoms with Gasteiger partial charge in [0.25, 0.3) is 0 Å². The van der Waals surface area contributed by atoms with E-state index in [1.54, 1.807) is 7.11 Å². The molecule has 0 aromatic carbocycles. The molecule has 0 saturated carbocycles. The highest BCUT2D eigenvalue weighted by molar-refractivity contribution is 5.79. The van der Waals surface area contributed by atoms with Gasteiger partial charge in [0, 0.05) is 27.2 Å². The Kier molecular flexibility index (Phi) is 9.74. The fourth-order valence-corrected chi connectivity index (χ4v) is 1.55. The predicted molar refractivity (Wildman–Crippen MR) is 68.8 cm³/mol. The number of rotatable bonds is 11. The van der Waals surface area contributed by atoms with Crippen LogP contribution in [0.3, 0.4) is 0 Å². The van der Waals surface area contributed by atoms with Gasteiger partial charge in [0.2, 0.25) is 0 Å². The molecule has 0 aliphatic heterocycles. The molecule has 0 rings (SSSR count). The van der Waals surface area contributed by atoms with E-state index in [4.69, 9.17) is 19.3 Å². The van der Waals surface area contributed by atoms with Crippen molar-refractivity contribution < 1.29 is 28.9 Å². The number of hydrogen-bond acceptors (Lipinski definition) is 5. The minimum atomic E-state index is -1.04. The highest BCUT2D eigenvalue weighted by Gasteiger charge is 2.24. The molecule has 2 atom stereocenters. The van der Waals surface area contributed by atoms with Gasteiger partial charge in [-0.05, 0) is 6.42 Å². The first-order valence-corrected chi connectivity index (χ1v) is 6.06. The van der Waals surface area contributed by atoms with E-state index in [1.807, 2.05) is 0 Å². The molecule has 0 fully saturated rings. The first-order chi connectivity index (χ1) is 9.04. The summed E-state index contributed by atoms with van der Waals surface area (Å²) in [6, 6.07) is 0. The lowest BCUT2D eigenvalue weighted by molar-refractivity contribution is -0.160. The normalized spacial score (nSPS) is 13.6. The van der Waals surface area contributed by atoms with E-state index in [9.17, 15) is 9.59 Å². The molecule has 2 unspecified atom stereocenters. The maximum Gasteiger partial charge on any atom is 0.310 e. The van der Waals surface area contributed by atoms with Crippen LogP contribution in [0, 0.1) is 5.92 Å². The van der Waals surface area contributed by atoms with Crippen LogP contribution >= 0.6 is 0 Å². The number of esters is 1. The third-order valence-electron chi connectivity index (χ3n) is 2.48. The predicted octanol–water partition coefficient (Wildman–Crippen LogP) is 1.25. The molecule has 6 nitrogen and oxygen atoms in total. The highest BCUT2D eigenvalue weighted by Crippen LogP contribution is 2.14. The van der Waals surface area contributed by atoms with Gasteiger partial charge in [0.1, 0.15) is 6.10 Å². The molecule has 0 radical (unpaired) electrons. The quantitative estimate of drug-likeness (QED) is 0.451.